The maximum absolute atomic E-state index is 12.7. The summed E-state index contributed by atoms with van der Waals surface area (Å²) in [7, 11) is 4.17. The molecule has 116 valence electrons. The van der Waals surface area contributed by atoms with Crippen LogP contribution in [0.15, 0.2) is 0 Å². The van der Waals surface area contributed by atoms with Crippen LogP contribution in [0.3, 0.4) is 0 Å². The Hall–Kier alpha value is -0.610. The van der Waals surface area contributed by atoms with Gasteiger partial charge in [-0.2, -0.15) is 0 Å². The van der Waals surface area contributed by atoms with Crippen molar-refractivity contribution in [3.63, 3.8) is 0 Å². The molecule has 0 radical (unpaired) electrons. The van der Waals surface area contributed by atoms with E-state index in [1.165, 1.54) is 25.7 Å². The third kappa shape index (κ3) is 4.74. The van der Waals surface area contributed by atoms with Crippen molar-refractivity contribution < 1.29 is 4.79 Å². The van der Waals surface area contributed by atoms with Crippen molar-refractivity contribution >= 4 is 5.91 Å². The highest BCUT2D eigenvalue weighted by molar-refractivity contribution is 5.76. The third-order valence-corrected chi connectivity index (χ3v) is 4.80. The molecule has 0 atom stereocenters. The molecule has 1 aliphatic heterocycles. The van der Waals surface area contributed by atoms with E-state index in [0.29, 0.717) is 17.9 Å². The first-order valence-electron chi connectivity index (χ1n) is 8.31. The molecule has 2 rings (SSSR count). The minimum absolute atomic E-state index is 0.408. The molecule has 0 unspecified atom stereocenters. The quantitative estimate of drug-likeness (QED) is 0.805. The summed E-state index contributed by atoms with van der Waals surface area (Å²) in [5.41, 5.74) is 0. The number of piperidine rings is 1. The van der Waals surface area contributed by atoms with E-state index >= 15 is 0 Å². The summed E-state index contributed by atoms with van der Waals surface area (Å²) in [5, 5.41) is 3.38. The van der Waals surface area contributed by atoms with Gasteiger partial charge in [-0.25, -0.2) is 0 Å². The molecule has 4 nitrogen and oxygen atoms in total. The average Bonchev–Trinajstić information content (AvgIpc) is 2.93. The Kier molecular flexibility index (Phi) is 6.30. The second-order valence-electron chi connectivity index (χ2n) is 6.73. The van der Waals surface area contributed by atoms with Crippen molar-refractivity contribution in [2.24, 2.45) is 5.92 Å². The van der Waals surface area contributed by atoms with Crippen LogP contribution in [-0.2, 0) is 4.79 Å². The number of nitrogens with zero attached hydrogens (tertiary/aromatic N) is 2. The minimum Gasteiger partial charge on any atom is -0.338 e. The molecule has 20 heavy (non-hydrogen) atoms. The van der Waals surface area contributed by atoms with Crippen LogP contribution in [0.5, 0.6) is 0 Å². The van der Waals surface area contributed by atoms with Gasteiger partial charge >= 0.3 is 0 Å². The molecular weight excluding hydrogens is 250 g/mol. The van der Waals surface area contributed by atoms with Crippen LogP contribution in [0, 0.1) is 5.92 Å². The fourth-order valence-electron chi connectivity index (χ4n) is 3.48. The second kappa shape index (κ2) is 7.99. The Labute approximate surface area is 123 Å². The van der Waals surface area contributed by atoms with E-state index in [9.17, 15) is 4.79 Å². The summed E-state index contributed by atoms with van der Waals surface area (Å²) in [6, 6.07) is 0.518. The standard InChI is InChI=1S/C16H31N3O/c1-18(2)11-12-19(15-5-3-4-6-15)16(20)13-14-7-9-17-10-8-14/h14-15,17H,3-13H2,1-2H3. The Balaban J connectivity index is 1.87. The Bertz CT molecular complexity index is 294. The molecule has 4 heteroatoms. The first-order valence-corrected chi connectivity index (χ1v) is 8.31. The van der Waals surface area contributed by atoms with E-state index in [0.717, 1.165) is 45.4 Å². The van der Waals surface area contributed by atoms with Gasteiger partial charge in [-0.3, -0.25) is 4.79 Å². The zero-order valence-electron chi connectivity index (χ0n) is 13.2. The number of nitrogens with one attached hydrogen (secondary N) is 1. The van der Waals surface area contributed by atoms with Crippen molar-refractivity contribution in [1.82, 2.24) is 15.1 Å². The van der Waals surface area contributed by atoms with Gasteiger partial charge < -0.3 is 15.1 Å². The topological polar surface area (TPSA) is 35.6 Å². The first-order chi connectivity index (χ1) is 9.66. The fourth-order valence-corrected chi connectivity index (χ4v) is 3.48. The van der Waals surface area contributed by atoms with E-state index < -0.39 is 0 Å². The number of likely N-dealkylation sites (N-methyl/N-ethyl adjacent to an activating group) is 1. The zero-order valence-corrected chi connectivity index (χ0v) is 13.2. The highest BCUT2D eigenvalue weighted by Gasteiger charge is 2.28. The molecule has 0 aromatic heterocycles. The summed E-state index contributed by atoms with van der Waals surface area (Å²) in [5.74, 6) is 1.01. The molecule has 1 aliphatic carbocycles. The number of carbonyl (C=O) groups is 1. The normalized spacial score (nSPS) is 21.6. The summed E-state index contributed by atoms with van der Waals surface area (Å²) in [6.07, 6.45) is 8.12. The van der Waals surface area contributed by atoms with Gasteiger partial charge in [0.05, 0.1) is 0 Å². The lowest BCUT2D eigenvalue weighted by molar-refractivity contribution is -0.134. The monoisotopic (exact) mass is 281 g/mol. The van der Waals surface area contributed by atoms with Gasteiger partial charge in [-0.15, -0.1) is 0 Å². The molecule has 2 aliphatic rings. The molecule has 1 amide bonds. The van der Waals surface area contributed by atoms with Crippen LogP contribution in [0.1, 0.15) is 44.9 Å². The maximum atomic E-state index is 12.7. The van der Waals surface area contributed by atoms with Crippen molar-refractivity contribution in [1.29, 1.82) is 0 Å². The van der Waals surface area contributed by atoms with Gasteiger partial charge in [0.15, 0.2) is 0 Å². The largest absolute Gasteiger partial charge is 0.338 e. The average molecular weight is 281 g/mol. The predicted octanol–water partition coefficient (Wildman–Crippen LogP) is 1.71. The summed E-state index contributed by atoms with van der Waals surface area (Å²) in [6.45, 7) is 4.05. The fraction of sp³-hybridized carbons (Fsp3) is 0.938. The van der Waals surface area contributed by atoms with Crippen molar-refractivity contribution in [3.8, 4) is 0 Å². The van der Waals surface area contributed by atoms with Gasteiger partial charge in [0.2, 0.25) is 5.91 Å². The van der Waals surface area contributed by atoms with Gasteiger partial charge in [-0.05, 0) is 58.8 Å². The summed E-state index contributed by atoms with van der Waals surface area (Å²) >= 11 is 0. The minimum atomic E-state index is 0.408. The number of rotatable bonds is 6. The van der Waals surface area contributed by atoms with Crippen LogP contribution in [-0.4, -0.2) is 62.0 Å². The molecule has 0 spiro atoms. The molecule has 0 aromatic carbocycles. The van der Waals surface area contributed by atoms with Crippen molar-refractivity contribution in [2.45, 2.75) is 51.0 Å². The molecule has 1 heterocycles. The number of amides is 1. The van der Waals surface area contributed by atoms with Crippen molar-refractivity contribution in [2.75, 3.05) is 40.3 Å². The van der Waals surface area contributed by atoms with E-state index in [1.54, 1.807) is 0 Å². The lowest BCUT2D eigenvalue weighted by Gasteiger charge is -2.32. The lowest BCUT2D eigenvalue weighted by atomic mass is 9.93. The van der Waals surface area contributed by atoms with Gasteiger partial charge in [0.1, 0.15) is 0 Å². The first kappa shape index (κ1) is 15.8. The van der Waals surface area contributed by atoms with Gasteiger partial charge in [0, 0.05) is 25.6 Å². The molecule has 1 saturated heterocycles. The number of carbonyl (C=O) groups excluding carboxylic acids is 1. The molecule has 0 aromatic rings. The van der Waals surface area contributed by atoms with Crippen LogP contribution in [0.4, 0.5) is 0 Å². The number of hydrogen-bond acceptors (Lipinski definition) is 3. The summed E-state index contributed by atoms with van der Waals surface area (Å²) in [4.78, 5) is 17.1. The third-order valence-electron chi connectivity index (χ3n) is 4.80. The van der Waals surface area contributed by atoms with E-state index in [1.807, 2.05) is 0 Å². The molecular formula is C16H31N3O. The molecule has 0 bridgehead atoms. The number of hydrogen-bond donors (Lipinski definition) is 1. The molecule has 1 saturated carbocycles. The van der Waals surface area contributed by atoms with Crippen LogP contribution in [0.25, 0.3) is 0 Å². The Morgan fingerprint density at radius 2 is 1.70 bits per heavy atom. The van der Waals surface area contributed by atoms with Gasteiger partial charge in [-0.1, -0.05) is 12.8 Å². The smallest absolute Gasteiger partial charge is 0.223 e. The highest BCUT2D eigenvalue weighted by Crippen LogP contribution is 2.26. The lowest BCUT2D eigenvalue weighted by Crippen LogP contribution is -2.44. The van der Waals surface area contributed by atoms with Crippen molar-refractivity contribution in [3.05, 3.63) is 0 Å². The van der Waals surface area contributed by atoms with Crippen LogP contribution < -0.4 is 5.32 Å². The Morgan fingerprint density at radius 1 is 1.05 bits per heavy atom. The molecule has 2 fully saturated rings. The maximum Gasteiger partial charge on any atom is 0.223 e. The van der Waals surface area contributed by atoms with E-state index in [4.69, 9.17) is 0 Å². The van der Waals surface area contributed by atoms with Crippen LogP contribution in [0.2, 0.25) is 0 Å². The SMILES string of the molecule is CN(C)CCN(C(=O)CC1CCNCC1)C1CCCC1. The highest BCUT2D eigenvalue weighted by atomic mass is 16.2. The van der Waals surface area contributed by atoms with E-state index in [-0.39, 0.29) is 0 Å². The molecule has 1 N–H and O–H groups in total. The van der Waals surface area contributed by atoms with Crippen LogP contribution >= 0.6 is 0 Å². The van der Waals surface area contributed by atoms with Gasteiger partial charge in [0.25, 0.3) is 0 Å². The second-order valence-corrected chi connectivity index (χ2v) is 6.73. The zero-order chi connectivity index (χ0) is 14.4. The Morgan fingerprint density at radius 3 is 2.30 bits per heavy atom. The predicted molar refractivity (Wildman–Crippen MR) is 82.7 cm³/mol. The summed E-state index contributed by atoms with van der Waals surface area (Å²) < 4.78 is 0. The van der Waals surface area contributed by atoms with E-state index in [2.05, 4.69) is 29.2 Å².